The van der Waals surface area contributed by atoms with Gasteiger partial charge < -0.3 is 31.1 Å². The molecule has 140 valence electrons. The Bertz CT molecular complexity index is 654. The van der Waals surface area contributed by atoms with Crippen molar-refractivity contribution in [3.05, 3.63) is 27.9 Å². The van der Waals surface area contributed by atoms with E-state index >= 15 is 0 Å². The van der Waals surface area contributed by atoms with Crippen LogP contribution in [0.4, 0.5) is 0 Å². The Balaban J connectivity index is 3.47. The van der Waals surface area contributed by atoms with Crippen LogP contribution in [-0.2, 0) is 0 Å². The Morgan fingerprint density at radius 1 is 1.04 bits per heavy atom. The summed E-state index contributed by atoms with van der Waals surface area (Å²) in [4.78, 5) is 25.8. The first kappa shape index (κ1) is 23.2. The predicted molar refractivity (Wildman–Crippen MR) is 115 cm³/mol. The second-order valence-electron chi connectivity index (χ2n) is 5.08. The fourth-order valence-electron chi connectivity index (χ4n) is 2.09. The first-order valence-corrected chi connectivity index (χ1v) is 10.2. The lowest BCUT2D eigenvalue weighted by Gasteiger charge is -2.31. The molecule has 2 amide bonds. The first-order chi connectivity index (χ1) is 11.7. The molecule has 1 unspecified atom stereocenters. The third kappa shape index (κ3) is 5.58. The maximum absolute atomic E-state index is 13.0. The lowest BCUT2D eigenvalue weighted by atomic mass is 10.1. The van der Waals surface area contributed by atoms with Crippen LogP contribution in [0.15, 0.2) is 6.07 Å². The lowest BCUT2D eigenvalue weighted by Crippen LogP contribution is -2.49. The molecule has 1 atom stereocenters. The van der Waals surface area contributed by atoms with E-state index in [1.165, 1.54) is 0 Å². The minimum Gasteiger partial charge on any atom is -0.394 e. The number of halogens is 3. The zero-order valence-electron chi connectivity index (χ0n) is 12.8. The fourth-order valence-corrected chi connectivity index (χ4v) is 6.46. The summed E-state index contributed by atoms with van der Waals surface area (Å²) in [5.41, 5.74) is 5.79. The first-order valence-electron chi connectivity index (χ1n) is 6.98. The number of primary amides is 1. The van der Waals surface area contributed by atoms with Gasteiger partial charge in [0.25, 0.3) is 11.8 Å². The van der Waals surface area contributed by atoms with Gasteiger partial charge in [-0.25, -0.2) is 0 Å². The highest BCUT2D eigenvalue weighted by molar-refractivity contribution is 14.1. The van der Waals surface area contributed by atoms with Crippen molar-refractivity contribution in [3.63, 3.8) is 0 Å². The number of aliphatic hydroxyl groups is 4. The van der Waals surface area contributed by atoms with Crippen molar-refractivity contribution in [2.24, 2.45) is 5.73 Å². The third-order valence-corrected chi connectivity index (χ3v) is 6.15. The standard InChI is InChI=1S/C14H17I3N2O6/c15-8-1-9(16)11(12(17)10(8)13(18)24)14(25)19(2-7(23)5-22)6(3-20)4-21/h1,6-7,20-23H,2-5H2,(H2,18,24). The molecule has 0 saturated heterocycles. The second-order valence-corrected chi connectivity index (χ2v) is 8.48. The summed E-state index contributed by atoms with van der Waals surface area (Å²) in [7, 11) is 0. The van der Waals surface area contributed by atoms with E-state index in [0.29, 0.717) is 10.7 Å². The number of hydrogen-bond donors (Lipinski definition) is 5. The van der Waals surface area contributed by atoms with Gasteiger partial charge >= 0.3 is 0 Å². The van der Waals surface area contributed by atoms with Gasteiger partial charge in [-0.2, -0.15) is 0 Å². The molecule has 0 aliphatic carbocycles. The molecule has 0 heterocycles. The van der Waals surface area contributed by atoms with Crippen LogP contribution in [0.2, 0.25) is 0 Å². The number of nitrogens with zero attached hydrogens (tertiary/aromatic N) is 1. The summed E-state index contributed by atoms with van der Waals surface area (Å²) >= 11 is 5.75. The third-order valence-electron chi connectivity index (χ3n) is 3.37. The maximum atomic E-state index is 13.0. The van der Waals surface area contributed by atoms with Crippen LogP contribution >= 0.6 is 67.8 Å². The van der Waals surface area contributed by atoms with Gasteiger partial charge in [-0.15, -0.1) is 0 Å². The molecule has 0 radical (unpaired) electrons. The minimum atomic E-state index is -1.24. The molecule has 0 saturated carbocycles. The highest BCUT2D eigenvalue weighted by atomic mass is 127. The van der Waals surface area contributed by atoms with E-state index in [2.05, 4.69) is 0 Å². The van der Waals surface area contributed by atoms with E-state index in [1.807, 2.05) is 67.8 Å². The summed E-state index contributed by atoms with van der Waals surface area (Å²) in [5.74, 6) is -1.27. The van der Waals surface area contributed by atoms with Gasteiger partial charge in [0.05, 0.1) is 43.1 Å². The molecule has 0 aliphatic heterocycles. The van der Waals surface area contributed by atoms with Crippen molar-refractivity contribution in [1.82, 2.24) is 4.90 Å². The Morgan fingerprint density at radius 3 is 2.00 bits per heavy atom. The molecule has 8 nitrogen and oxygen atoms in total. The van der Waals surface area contributed by atoms with Gasteiger partial charge in [0.15, 0.2) is 0 Å². The largest absolute Gasteiger partial charge is 0.394 e. The molecule has 0 aliphatic rings. The highest BCUT2D eigenvalue weighted by Gasteiger charge is 2.30. The molecular formula is C14H17I3N2O6. The molecule has 0 fully saturated rings. The monoisotopic (exact) mass is 690 g/mol. The van der Waals surface area contributed by atoms with Gasteiger partial charge in [0.2, 0.25) is 0 Å². The number of hydrogen-bond acceptors (Lipinski definition) is 6. The summed E-state index contributed by atoms with van der Waals surface area (Å²) in [5, 5.41) is 37.6. The SMILES string of the molecule is NC(=O)c1c(I)cc(I)c(C(=O)N(CC(O)CO)C(CO)CO)c1I. The van der Waals surface area contributed by atoms with Crippen molar-refractivity contribution >= 4 is 79.6 Å². The van der Waals surface area contributed by atoms with Crippen LogP contribution in [0.5, 0.6) is 0 Å². The number of carbonyl (C=O) groups excluding carboxylic acids is 2. The van der Waals surface area contributed by atoms with Crippen LogP contribution in [0.3, 0.4) is 0 Å². The van der Waals surface area contributed by atoms with Gasteiger partial charge in [0.1, 0.15) is 0 Å². The second kappa shape index (κ2) is 10.5. The van der Waals surface area contributed by atoms with Gasteiger partial charge in [-0.1, -0.05) is 0 Å². The molecule has 25 heavy (non-hydrogen) atoms. The number of carbonyl (C=O) groups is 2. The molecule has 6 N–H and O–H groups in total. The van der Waals surface area contributed by atoms with Crippen LogP contribution in [0.25, 0.3) is 0 Å². The Kier molecular flexibility index (Phi) is 9.76. The summed E-state index contributed by atoms with van der Waals surface area (Å²) in [6, 6.07) is 0.668. The average molecular weight is 690 g/mol. The molecule has 0 bridgehead atoms. The molecule has 1 aromatic rings. The number of rotatable bonds is 8. The van der Waals surface area contributed by atoms with E-state index < -0.39 is 43.8 Å². The predicted octanol–water partition coefficient (Wildman–Crippen LogP) is -0.252. The zero-order valence-corrected chi connectivity index (χ0v) is 19.3. The van der Waals surface area contributed by atoms with Crippen LogP contribution in [0, 0.1) is 10.7 Å². The van der Waals surface area contributed by atoms with Crippen molar-refractivity contribution < 1.29 is 30.0 Å². The topological polar surface area (TPSA) is 144 Å². The summed E-state index contributed by atoms with van der Waals surface area (Å²) in [6.45, 7) is -1.92. The Labute approximate surface area is 185 Å². The Hall–Kier alpha value is 0.190. The molecule has 0 spiro atoms. The van der Waals surface area contributed by atoms with Crippen molar-refractivity contribution in [2.45, 2.75) is 12.1 Å². The lowest BCUT2D eigenvalue weighted by molar-refractivity contribution is 0.0145. The number of aliphatic hydroxyl groups excluding tert-OH is 4. The van der Waals surface area contributed by atoms with E-state index in [4.69, 9.17) is 10.8 Å². The van der Waals surface area contributed by atoms with Crippen LogP contribution < -0.4 is 5.73 Å². The minimum absolute atomic E-state index is 0.187. The normalized spacial score (nSPS) is 12.3. The number of nitrogens with two attached hydrogens (primary N) is 1. The van der Waals surface area contributed by atoms with Crippen molar-refractivity contribution in [3.8, 4) is 0 Å². The summed E-state index contributed by atoms with van der Waals surface area (Å²) < 4.78 is 1.50. The van der Waals surface area contributed by atoms with E-state index in [0.717, 1.165) is 4.90 Å². The molecule has 11 heteroatoms. The van der Waals surface area contributed by atoms with Crippen LogP contribution in [-0.4, -0.2) is 75.7 Å². The number of amides is 2. The van der Waals surface area contributed by atoms with Gasteiger partial charge in [-0.3, -0.25) is 9.59 Å². The average Bonchev–Trinajstić information content (AvgIpc) is 2.53. The van der Waals surface area contributed by atoms with E-state index in [1.54, 1.807) is 6.07 Å². The summed E-state index contributed by atoms with van der Waals surface area (Å²) in [6.07, 6.45) is -1.24. The molecule has 1 aromatic carbocycles. The van der Waals surface area contributed by atoms with Crippen LogP contribution in [0.1, 0.15) is 20.7 Å². The van der Waals surface area contributed by atoms with Gasteiger partial charge in [-0.05, 0) is 73.8 Å². The maximum Gasteiger partial charge on any atom is 0.256 e. The van der Waals surface area contributed by atoms with Gasteiger partial charge in [0, 0.05) is 17.3 Å². The van der Waals surface area contributed by atoms with Crippen molar-refractivity contribution in [1.29, 1.82) is 0 Å². The molecule has 1 rings (SSSR count). The van der Waals surface area contributed by atoms with E-state index in [-0.39, 0.29) is 17.7 Å². The fraction of sp³-hybridized carbons (Fsp3) is 0.429. The van der Waals surface area contributed by atoms with E-state index in [9.17, 15) is 24.9 Å². The zero-order chi connectivity index (χ0) is 19.3. The quantitative estimate of drug-likeness (QED) is 0.238. The Morgan fingerprint density at radius 2 is 1.56 bits per heavy atom. The van der Waals surface area contributed by atoms with Crippen molar-refractivity contribution in [2.75, 3.05) is 26.4 Å². The number of benzene rings is 1. The highest BCUT2D eigenvalue weighted by Crippen LogP contribution is 2.29. The molecular weight excluding hydrogens is 673 g/mol. The molecule has 0 aromatic heterocycles. The smallest absolute Gasteiger partial charge is 0.256 e.